The van der Waals surface area contributed by atoms with Crippen molar-refractivity contribution in [2.45, 2.75) is 40.3 Å². The molecular formula is C17H22BrNOS. The van der Waals surface area contributed by atoms with Gasteiger partial charge in [0.1, 0.15) is 12.4 Å². The largest absolute Gasteiger partial charge is 0.488 e. The summed E-state index contributed by atoms with van der Waals surface area (Å²) in [5.41, 5.74) is 3.74. The first kappa shape index (κ1) is 16.5. The molecular weight excluding hydrogens is 346 g/mol. The molecule has 0 aliphatic rings. The van der Waals surface area contributed by atoms with Crippen LogP contribution < -0.4 is 10.1 Å². The Morgan fingerprint density at radius 1 is 1.19 bits per heavy atom. The minimum Gasteiger partial charge on any atom is -0.488 e. The van der Waals surface area contributed by atoms with Crippen LogP contribution in [0.4, 0.5) is 0 Å². The summed E-state index contributed by atoms with van der Waals surface area (Å²) < 4.78 is 7.14. The molecule has 1 aromatic heterocycles. The van der Waals surface area contributed by atoms with Crippen LogP contribution in [0.25, 0.3) is 0 Å². The van der Waals surface area contributed by atoms with Gasteiger partial charge in [-0.3, -0.25) is 0 Å². The quantitative estimate of drug-likeness (QED) is 0.678. The van der Waals surface area contributed by atoms with E-state index in [1.807, 2.05) is 0 Å². The molecule has 2 rings (SSSR count). The van der Waals surface area contributed by atoms with E-state index in [-0.39, 0.29) is 0 Å². The molecule has 1 N–H and O–H groups in total. The van der Waals surface area contributed by atoms with Crippen molar-refractivity contribution in [2.24, 2.45) is 0 Å². The van der Waals surface area contributed by atoms with Gasteiger partial charge in [0, 0.05) is 21.3 Å². The Morgan fingerprint density at radius 3 is 2.48 bits per heavy atom. The highest BCUT2D eigenvalue weighted by Crippen LogP contribution is 2.27. The van der Waals surface area contributed by atoms with Crippen LogP contribution in [-0.4, -0.2) is 6.54 Å². The number of halogens is 1. The average molecular weight is 368 g/mol. The lowest BCUT2D eigenvalue weighted by molar-refractivity contribution is 0.305. The third-order valence-corrected chi connectivity index (χ3v) is 4.93. The molecule has 4 heteroatoms. The van der Waals surface area contributed by atoms with Crippen LogP contribution in [0.3, 0.4) is 0 Å². The van der Waals surface area contributed by atoms with Crippen molar-refractivity contribution in [2.75, 3.05) is 6.54 Å². The normalized spacial score (nSPS) is 10.9. The number of thiophene rings is 1. The molecule has 0 atom stereocenters. The topological polar surface area (TPSA) is 21.3 Å². The zero-order valence-corrected chi connectivity index (χ0v) is 15.2. The Hall–Kier alpha value is -0.840. The molecule has 21 heavy (non-hydrogen) atoms. The first-order valence-corrected chi connectivity index (χ1v) is 8.94. The maximum absolute atomic E-state index is 6.02. The highest BCUT2D eigenvalue weighted by molar-refractivity contribution is 9.10. The average Bonchev–Trinajstić information content (AvgIpc) is 2.84. The van der Waals surface area contributed by atoms with E-state index in [0.29, 0.717) is 6.61 Å². The van der Waals surface area contributed by atoms with E-state index in [9.17, 15) is 0 Å². The van der Waals surface area contributed by atoms with E-state index in [2.05, 4.69) is 65.6 Å². The van der Waals surface area contributed by atoms with Crippen molar-refractivity contribution < 1.29 is 4.74 Å². The van der Waals surface area contributed by atoms with Crippen molar-refractivity contribution in [1.82, 2.24) is 5.32 Å². The molecule has 0 amide bonds. The summed E-state index contributed by atoms with van der Waals surface area (Å²) in [6.45, 7) is 9.04. The highest BCUT2D eigenvalue weighted by Gasteiger charge is 2.08. The second-order valence-corrected chi connectivity index (χ2v) is 7.17. The van der Waals surface area contributed by atoms with Gasteiger partial charge in [-0.25, -0.2) is 0 Å². The Kier molecular flexibility index (Phi) is 6.27. The summed E-state index contributed by atoms with van der Waals surface area (Å²) in [6.07, 6.45) is 1.16. The minimum atomic E-state index is 0.630. The fourth-order valence-corrected chi connectivity index (χ4v) is 3.71. The van der Waals surface area contributed by atoms with Crippen molar-refractivity contribution in [3.8, 4) is 5.75 Å². The fourth-order valence-electron chi connectivity index (χ4n) is 2.35. The monoisotopic (exact) mass is 367 g/mol. The number of aryl methyl sites for hydroxylation is 2. The van der Waals surface area contributed by atoms with Gasteiger partial charge in [-0.05, 0) is 65.5 Å². The van der Waals surface area contributed by atoms with E-state index >= 15 is 0 Å². The summed E-state index contributed by atoms with van der Waals surface area (Å²) in [6, 6.07) is 6.54. The number of nitrogens with one attached hydrogen (secondary N) is 1. The first-order chi connectivity index (χ1) is 10.1. The van der Waals surface area contributed by atoms with Gasteiger partial charge in [0.2, 0.25) is 0 Å². The number of rotatable bonds is 7. The third kappa shape index (κ3) is 4.83. The van der Waals surface area contributed by atoms with Gasteiger partial charge < -0.3 is 10.1 Å². The zero-order chi connectivity index (χ0) is 15.2. The molecule has 0 saturated carbocycles. The van der Waals surface area contributed by atoms with Crippen LogP contribution in [0.1, 0.15) is 34.9 Å². The van der Waals surface area contributed by atoms with Gasteiger partial charge in [0.05, 0.1) is 0 Å². The summed E-state index contributed by atoms with van der Waals surface area (Å²) >= 11 is 5.19. The van der Waals surface area contributed by atoms with Crippen LogP contribution in [0.2, 0.25) is 0 Å². The van der Waals surface area contributed by atoms with E-state index in [0.717, 1.165) is 29.7 Å². The molecule has 0 unspecified atom stereocenters. The first-order valence-electron chi connectivity index (χ1n) is 7.26. The van der Waals surface area contributed by atoms with Crippen LogP contribution >= 0.6 is 27.3 Å². The fraction of sp³-hybridized carbons (Fsp3) is 0.412. The molecule has 0 fully saturated rings. The van der Waals surface area contributed by atoms with Gasteiger partial charge in [0.25, 0.3) is 0 Å². The molecule has 0 spiro atoms. The number of hydrogen-bond donors (Lipinski definition) is 1. The van der Waals surface area contributed by atoms with Gasteiger partial charge in [-0.2, -0.15) is 0 Å². The van der Waals surface area contributed by atoms with Crippen LogP contribution in [0.15, 0.2) is 28.1 Å². The lowest BCUT2D eigenvalue weighted by Crippen LogP contribution is -2.14. The van der Waals surface area contributed by atoms with E-state index < -0.39 is 0 Å². The van der Waals surface area contributed by atoms with Gasteiger partial charge in [-0.15, -0.1) is 11.3 Å². The minimum absolute atomic E-state index is 0.630. The number of benzene rings is 1. The van der Waals surface area contributed by atoms with E-state index in [1.54, 1.807) is 11.3 Å². The van der Waals surface area contributed by atoms with Crippen molar-refractivity contribution in [1.29, 1.82) is 0 Å². The Labute approximate surface area is 139 Å². The molecule has 2 aromatic rings. The van der Waals surface area contributed by atoms with Crippen LogP contribution in [0, 0.1) is 13.8 Å². The number of ether oxygens (including phenoxy) is 1. The molecule has 1 heterocycles. The summed E-state index contributed by atoms with van der Waals surface area (Å²) in [5, 5.41) is 5.53. The summed E-state index contributed by atoms with van der Waals surface area (Å²) in [5.74, 6) is 1.01. The Morgan fingerprint density at radius 2 is 1.90 bits per heavy atom. The van der Waals surface area contributed by atoms with Crippen LogP contribution in [0.5, 0.6) is 5.75 Å². The van der Waals surface area contributed by atoms with Crippen molar-refractivity contribution in [3.05, 3.63) is 49.6 Å². The summed E-state index contributed by atoms with van der Waals surface area (Å²) in [4.78, 5) is 1.23. The van der Waals surface area contributed by atoms with Crippen molar-refractivity contribution in [3.63, 3.8) is 0 Å². The molecule has 0 saturated heterocycles. The predicted octanol–water partition coefficient (Wildman–Crippen LogP) is 5.21. The Bertz CT molecular complexity index is 571. The molecule has 114 valence electrons. The SMILES string of the molecule is CCCNCc1cc(C)c(OCc2cc(Br)cs2)c(C)c1. The number of hydrogen-bond acceptors (Lipinski definition) is 3. The third-order valence-electron chi connectivity index (χ3n) is 3.26. The van der Waals surface area contributed by atoms with Gasteiger partial charge in [-0.1, -0.05) is 19.1 Å². The maximum Gasteiger partial charge on any atom is 0.125 e. The molecule has 1 aromatic carbocycles. The van der Waals surface area contributed by atoms with Crippen molar-refractivity contribution >= 4 is 27.3 Å². The second-order valence-electron chi connectivity index (χ2n) is 5.26. The smallest absolute Gasteiger partial charge is 0.125 e. The second kappa shape index (κ2) is 7.97. The van der Waals surface area contributed by atoms with E-state index in [4.69, 9.17) is 4.74 Å². The molecule has 0 radical (unpaired) electrons. The molecule has 0 bridgehead atoms. The van der Waals surface area contributed by atoms with Crippen LogP contribution in [-0.2, 0) is 13.2 Å². The molecule has 2 nitrogen and oxygen atoms in total. The van der Waals surface area contributed by atoms with Gasteiger partial charge in [0.15, 0.2) is 0 Å². The van der Waals surface area contributed by atoms with Gasteiger partial charge >= 0.3 is 0 Å². The zero-order valence-electron chi connectivity index (χ0n) is 12.8. The van der Waals surface area contributed by atoms with E-state index in [1.165, 1.54) is 21.6 Å². The Balaban J connectivity index is 2.02. The summed E-state index contributed by atoms with van der Waals surface area (Å²) in [7, 11) is 0. The highest BCUT2D eigenvalue weighted by atomic mass is 79.9. The lowest BCUT2D eigenvalue weighted by Gasteiger charge is -2.14. The maximum atomic E-state index is 6.02. The predicted molar refractivity (Wildman–Crippen MR) is 94.3 cm³/mol. The lowest BCUT2D eigenvalue weighted by atomic mass is 10.1. The standard InChI is InChI=1S/C17H22BrNOS/c1-4-5-19-9-14-6-12(2)17(13(3)7-14)20-10-16-8-15(18)11-21-16/h6-8,11,19H,4-5,9-10H2,1-3H3. The molecule has 0 aliphatic heterocycles. The molecule has 0 aliphatic carbocycles.